The Morgan fingerprint density at radius 2 is 2.03 bits per heavy atom. The lowest BCUT2D eigenvalue weighted by Gasteiger charge is -2.30. The van der Waals surface area contributed by atoms with Crippen molar-refractivity contribution in [2.24, 2.45) is 0 Å². The Kier molecular flexibility index (Phi) is 4.99. The third kappa shape index (κ3) is 3.56. The second-order valence-electron chi connectivity index (χ2n) is 6.86. The van der Waals surface area contributed by atoms with Crippen molar-refractivity contribution in [1.82, 2.24) is 9.97 Å². The van der Waals surface area contributed by atoms with Crippen molar-refractivity contribution < 1.29 is 9.66 Å². The van der Waals surface area contributed by atoms with Crippen LogP contribution in [0.25, 0.3) is 0 Å². The van der Waals surface area contributed by atoms with Crippen LogP contribution in [0.2, 0.25) is 0 Å². The molecule has 0 unspecified atom stereocenters. The summed E-state index contributed by atoms with van der Waals surface area (Å²) in [6.07, 6.45) is 3.19. The van der Waals surface area contributed by atoms with Crippen LogP contribution in [0.3, 0.4) is 0 Å². The number of benzene rings is 2. The highest BCUT2D eigenvalue weighted by Crippen LogP contribution is 2.41. The number of hydrogen-bond acceptors (Lipinski definition) is 7. The van der Waals surface area contributed by atoms with E-state index in [2.05, 4.69) is 15.3 Å². The van der Waals surface area contributed by atoms with E-state index < -0.39 is 4.92 Å². The minimum absolute atomic E-state index is 0.131. The van der Waals surface area contributed by atoms with Crippen molar-refractivity contribution in [3.8, 4) is 5.75 Å². The molecule has 0 spiro atoms. The molecule has 0 aliphatic carbocycles. The number of anilines is 4. The Balaban J connectivity index is 1.81. The zero-order valence-corrected chi connectivity index (χ0v) is 16.3. The van der Waals surface area contributed by atoms with Gasteiger partial charge in [-0.05, 0) is 49.1 Å². The van der Waals surface area contributed by atoms with E-state index in [0.717, 1.165) is 29.7 Å². The standard InChI is InChI=1S/C21H21N5O3/c1-14-9-10-18(29-2)16(12-14)24-20-19(26(27)28)21(23-13-22-20)25-11-5-7-15-6-3-4-8-17(15)25/h3-4,6,8-10,12-13H,5,7,11H2,1-2H3,(H,22,23,24). The van der Waals surface area contributed by atoms with Crippen LogP contribution in [0, 0.1) is 17.0 Å². The number of methoxy groups -OCH3 is 1. The van der Waals surface area contributed by atoms with Crippen LogP contribution in [0.5, 0.6) is 5.75 Å². The topological polar surface area (TPSA) is 93.4 Å². The molecule has 1 aliphatic heterocycles. The lowest BCUT2D eigenvalue weighted by molar-refractivity contribution is -0.383. The first-order valence-corrected chi connectivity index (χ1v) is 9.35. The predicted molar refractivity (Wildman–Crippen MR) is 111 cm³/mol. The number of nitrogens with one attached hydrogen (secondary N) is 1. The van der Waals surface area contributed by atoms with E-state index in [4.69, 9.17) is 4.74 Å². The number of aryl methyl sites for hydroxylation is 2. The van der Waals surface area contributed by atoms with E-state index in [1.165, 1.54) is 6.33 Å². The number of rotatable bonds is 5. The van der Waals surface area contributed by atoms with Gasteiger partial charge in [-0.2, -0.15) is 0 Å². The molecule has 1 aromatic heterocycles. The van der Waals surface area contributed by atoms with Crippen molar-refractivity contribution in [3.05, 3.63) is 70.0 Å². The van der Waals surface area contributed by atoms with Gasteiger partial charge in [0.15, 0.2) is 0 Å². The highest BCUT2D eigenvalue weighted by atomic mass is 16.6. The summed E-state index contributed by atoms with van der Waals surface area (Å²) in [4.78, 5) is 22.0. The smallest absolute Gasteiger partial charge is 0.354 e. The summed E-state index contributed by atoms with van der Waals surface area (Å²) in [6, 6.07) is 13.5. The quantitative estimate of drug-likeness (QED) is 0.504. The third-order valence-corrected chi connectivity index (χ3v) is 4.96. The van der Waals surface area contributed by atoms with Gasteiger partial charge in [0.05, 0.1) is 17.7 Å². The summed E-state index contributed by atoms with van der Waals surface area (Å²) in [5, 5.41) is 15.1. The molecular formula is C21H21N5O3. The largest absolute Gasteiger partial charge is 0.495 e. The summed E-state index contributed by atoms with van der Waals surface area (Å²) in [5.74, 6) is 0.992. The van der Waals surface area contributed by atoms with E-state index in [-0.39, 0.29) is 17.3 Å². The average Bonchev–Trinajstić information content (AvgIpc) is 2.73. The molecule has 3 aromatic rings. The van der Waals surface area contributed by atoms with Crippen LogP contribution < -0.4 is 15.0 Å². The van der Waals surface area contributed by atoms with Gasteiger partial charge < -0.3 is 15.0 Å². The van der Waals surface area contributed by atoms with Crippen LogP contribution in [-0.2, 0) is 6.42 Å². The molecule has 0 amide bonds. The van der Waals surface area contributed by atoms with Crippen molar-refractivity contribution in [2.45, 2.75) is 19.8 Å². The lowest BCUT2D eigenvalue weighted by atomic mass is 10.0. The molecule has 29 heavy (non-hydrogen) atoms. The summed E-state index contributed by atoms with van der Waals surface area (Å²) >= 11 is 0. The normalized spacial score (nSPS) is 13.0. The number of ether oxygens (including phenoxy) is 1. The molecular weight excluding hydrogens is 370 g/mol. The van der Waals surface area contributed by atoms with Gasteiger partial charge in [0.1, 0.15) is 12.1 Å². The molecule has 0 bridgehead atoms. The number of hydrogen-bond donors (Lipinski definition) is 1. The first kappa shape index (κ1) is 18.7. The van der Waals surface area contributed by atoms with Crippen molar-refractivity contribution in [1.29, 1.82) is 0 Å². The minimum Gasteiger partial charge on any atom is -0.495 e. The van der Waals surface area contributed by atoms with Gasteiger partial charge in [-0.3, -0.25) is 10.1 Å². The molecule has 0 atom stereocenters. The molecule has 8 heteroatoms. The maximum absolute atomic E-state index is 12.0. The summed E-state index contributed by atoms with van der Waals surface area (Å²) < 4.78 is 5.38. The van der Waals surface area contributed by atoms with Crippen LogP contribution in [0.1, 0.15) is 17.5 Å². The van der Waals surface area contributed by atoms with Gasteiger partial charge in [-0.1, -0.05) is 24.3 Å². The number of fused-ring (bicyclic) bond motifs is 1. The Bertz CT molecular complexity index is 1070. The van der Waals surface area contributed by atoms with Gasteiger partial charge >= 0.3 is 5.69 Å². The second-order valence-corrected chi connectivity index (χ2v) is 6.86. The van der Waals surface area contributed by atoms with Crippen molar-refractivity contribution in [2.75, 3.05) is 23.9 Å². The fraction of sp³-hybridized carbons (Fsp3) is 0.238. The Hall–Kier alpha value is -3.68. The summed E-state index contributed by atoms with van der Waals surface area (Å²) in [5.41, 5.74) is 3.54. The fourth-order valence-corrected chi connectivity index (χ4v) is 3.63. The number of nitrogens with zero attached hydrogens (tertiary/aromatic N) is 4. The lowest BCUT2D eigenvalue weighted by Crippen LogP contribution is -2.26. The van der Waals surface area contributed by atoms with Crippen molar-refractivity contribution in [3.63, 3.8) is 0 Å². The molecule has 148 valence electrons. The highest BCUT2D eigenvalue weighted by molar-refractivity contribution is 5.80. The van der Waals surface area contributed by atoms with Gasteiger partial charge in [0.25, 0.3) is 0 Å². The first-order valence-electron chi connectivity index (χ1n) is 9.35. The molecule has 1 N–H and O–H groups in total. The molecule has 8 nitrogen and oxygen atoms in total. The summed E-state index contributed by atoms with van der Waals surface area (Å²) in [6.45, 7) is 2.59. The molecule has 0 saturated heterocycles. The number of aromatic nitrogens is 2. The average molecular weight is 391 g/mol. The second kappa shape index (κ2) is 7.75. The zero-order valence-electron chi connectivity index (χ0n) is 16.3. The van der Waals surface area contributed by atoms with E-state index in [1.54, 1.807) is 7.11 Å². The Labute approximate surface area is 168 Å². The monoisotopic (exact) mass is 391 g/mol. The third-order valence-electron chi connectivity index (χ3n) is 4.96. The maximum Gasteiger partial charge on any atom is 0.354 e. The van der Waals surface area contributed by atoms with E-state index in [0.29, 0.717) is 18.0 Å². The highest BCUT2D eigenvalue weighted by Gasteiger charge is 2.30. The minimum atomic E-state index is -0.433. The maximum atomic E-state index is 12.0. The molecule has 0 fully saturated rings. The molecule has 2 aromatic carbocycles. The summed E-state index contributed by atoms with van der Waals surface area (Å²) in [7, 11) is 1.56. The molecule has 2 heterocycles. The van der Waals surface area contributed by atoms with Gasteiger partial charge in [-0.25, -0.2) is 9.97 Å². The van der Waals surface area contributed by atoms with E-state index >= 15 is 0 Å². The van der Waals surface area contributed by atoms with Gasteiger partial charge in [0, 0.05) is 12.2 Å². The van der Waals surface area contributed by atoms with E-state index in [9.17, 15) is 10.1 Å². The van der Waals surface area contributed by atoms with Gasteiger partial charge in [0.2, 0.25) is 11.6 Å². The van der Waals surface area contributed by atoms with Crippen LogP contribution in [0.15, 0.2) is 48.8 Å². The van der Waals surface area contributed by atoms with Gasteiger partial charge in [-0.15, -0.1) is 0 Å². The molecule has 4 rings (SSSR count). The van der Waals surface area contributed by atoms with Crippen LogP contribution in [-0.4, -0.2) is 28.5 Å². The fourth-order valence-electron chi connectivity index (χ4n) is 3.63. The Morgan fingerprint density at radius 3 is 2.83 bits per heavy atom. The molecule has 0 saturated carbocycles. The number of para-hydroxylation sites is 1. The van der Waals surface area contributed by atoms with Crippen LogP contribution >= 0.6 is 0 Å². The first-order chi connectivity index (χ1) is 14.1. The molecule has 1 aliphatic rings. The van der Waals surface area contributed by atoms with E-state index in [1.807, 2.05) is 54.3 Å². The Morgan fingerprint density at radius 1 is 1.21 bits per heavy atom. The number of nitro groups is 1. The SMILES string of the molecule is COc1ccc(C)cc1Nc1ncnc(N2CCCc3ccccc32)c1[N+](=O)[O-]. The van der Waals surface area contributed by atoms with Crippen molar-refractivity contribution >= 4 is 28.7 Å². The van der Waals surface area contributed by atoms with Crippen LogP contribution in [0.4, 0.5) is 28.7 Å². The zero-order chi connectivity index (χ0) is 20.4. The predicted octanol–water partition coefficient (Wildman–Crippen LogP) is 4.53. The molecule has 0 radical (unpaired) electrons.